The number of carbonyl (C=O) groups is 1. The van der Waals surface area contributed by atoms with Crippen LogP contribution in [-0.4, -0.2) is 25.4 Å². The molecule has 2 heterocycles. The first kappa shape index (κ1) is 25.9. The number of non-ortho nitro benzene ring substituents is 1. The van der Waals surface area contributed by atoms with Gasteiger partial charge in [0.1, 0.15) is 17.2 Å². The van der Waals surface area contributed by atoms with Gasteiger partial charge in [-0.25, -0.2) is 9.50 Å². The van der Waals surface area contributed by atoms with E-state index in [-0.39, 0.29) is 34.2 Å². The molecular weight excluding hydrogens is 515 g/mol. The molecule has 1 N–H and O–H groups in total. The SMILES string of the molecule is CC(C)(C)c1cc(C(F)(F)F)n2nc(C(=O)Nc3cc(Oc4ccc(Cl)cc4)cc([N+](=O)[O-])c3)cc2n1. The molecule has 4 rings (SSSR count). The van der Waals surface area contributed by atoms with Crippen LogP contribution in [-0.2, 0) is 11.6 Å². The van der Waals surface area contributed by atoms with Crippen LogP contribution in [0.2, 0.25) is 5.02 Å². The lowest BCUT2D eigenvalue weighted by molar-refractivity contribution is -0.384. The first-order valence-electron chi connectivity index (χ1n) is 10.7. The highest BCUT2D eigenvalue weighted by molar-refractivity contribution is 6.30. The van der Waals surface area contributed by atoms with E-state index in [4.69, 9.17) is 16.3 Å². The number of nitrogens with zero attached hydrogens (tertiary/aromatic N) is 4. The van der Waals surface area contributed by atoms with E-state index in [0.29, 0.717) is 15.3 Å². The summed E-state index contributed by atoms with van der Waals surface area (Å²) < 4.78 is 47.4. The molecule has 4 aromatic rings. The molecule has 0 radical (unpaired) electrons. The van der Waals surface area contributed by atoms with E-state index < -0.39 is 28.1 Å². The van der Waals surface area contributed by atoms with Gasteiger partial charge < -0.3 is 10.1 Å². The van der Waals surface area contributed by atoms with Gasteiger partial charge in [-0.05, 0) is 30.3 Å². The molecule has 0 aliphatic rings. The lowest BCUT2D eigenvalue weighted by Crippen LogP contribution is -2.20. The number of carbonyl (C=O) groups excluding carboxylic acids is 1. The van der Waals surface area contributed by atoms with Crippen molar-refractivity contribution in [3.8, 4) is 11.5 Å². The minimum Gasteiger partial charge on any atom is -0.457 e. The van der Waals surface area contributed by atoms with Crippen molar-refractivity contribution in [2.24, 2.45) is 0 Å². The van der Waals surface area contributed by atoms with Crippen LogP contribution < -0.4 is 10.1 Å². The van der Waals surface area contributed by atoms with Gasteiger partial charge in [0.15, 0.2) is 11.3 Å². The Morgan fingerprint density at radius 2 is 1.73 bits per heavy atom. The molecule has 0 aliphatic heterocycles. The Hall–Kier alpha value is -4.19. The first-order valence-corrected chi connectivity index (χ1v) is 11.1. The molecule has 0 fully saturated rings. The van der Waals surface area contributed by atoms with Gasteiger partial charge in [-0.2, -0.15) is 18.3 Å². The molecule has 0 saturated heterocycles. The van der Waals surface area contributed by atoms with Gasteiger partial charge in [0.25, 0.3) is 11.6 Å². The number of nitrogens with one attached hydrogen (secondary N) is 1. The van der Waals surface area contributed by atoms with Crippen molar-refractivity contribution >= 4 is 34.5 Å². The smallest absolute Gasteiger partial charge is 0.433 e. The van der Waals surface area contributed by atoms with E-state index >= 15 is 0 Å². The van der Waals surface area contributed by atoms with Crippen LogP contribution in [0.5, 0.6) is 11.5 Å². The fourth-order valence-electron chi connectivity index (χ4n) is 3.33. The molecule has 0 unspecified atom stereocenters. The maximum absolute atomic E-state index is 13.7. The Balaban J connectivity index is 1.69. The quantitative estimate of drug-likeness (QED) is 0.227. The van der Waals surface area contributed by atoms with Crippen LogP contribution in [0.3, 0.4) is 0 Å². The van der Waals surface area contributed by atoms with Crippen LogP contribution in [0.15, 0.2) is 54.6 Å². The first-order chi connectivity index (χ1) is 17.2. The second-order valence-electron chi connectivity index (χ2n) is 9.06. The Morgan fingerprint density at radius 3 is 2.32 bits per heavy atom. The molecule has 13 heteroatoms. The zero-order valence-electron chi connectivity index (χ0n) is 19.6. The summed E-state index contributed by atoms with van der Waals surface area (Å²) in [7, 11) is 0. The summed E-state index contributed by atoms with van der Waals surface area (Å²) in [6.07, 6.45) is -4.76. The summed E-state index contributed by atoms with van der Waals surface area (Å²) >= 11 is 5.85. The lowest BCUT2D eigenvalue weighted by Gasteiger charge is -2.19. The van der Waals surface area contributed by atoms with Crippen molar-refractivity contribution in [1.29, 1.82) is 0 Å². The van der Waals surface area contributed by atoms with E-state index in [1.807, 2.05) is 0 Å². The molecule has 2 aromatic heterocycles. The zero-order valence-corrected chi connectivity index (χ0v) is 20.4. The van der Waals surface area contributed by atoms with Crippen LogP contribution in [0.25, 0.3) is 5.65 Å². The van der Waals surface area contributed by atoms with Gasteiger partial charge in [-0.15, -0.1) is 0 Å². The summed E-state index contributed by atoms with van der Waals surface area (Å²) in [5.74, 6) is -0.519. The zero-order chi connectivity index (χ0) is 27.1. The lowest BCUT2D eigenvalue weighted by atomic mass is 9.91. The minimum absolute atomic E-state index is 0.0281. The molecule has 1 amide bonds. The highest BCUT2D eigenvalue weighted by Gasteiger charge is 2.36. The average Bonchev–Trinajstić information content (AvgIpc) is 3.23. The normalized spacial score (nSPS) is 12.0. The van der Waals surface area contributed by atoms with E-state index in [0.717, 1.165) is 24.3 Å². The molecule has 0 bridgehead atoms. The third kappa shape index (κ3) is 5.80. The van der Waals surface area contributed by atoms with Crippen molar-refractivity contribution in [2.75, 3.05) is 5.32 Å². The van der Waals surface area contributed by atoms with Crippen molar-refractivity contribution < 1.29 is 27.6 Å². The predicted octanol–water partition coefficient (Wildman–Crippen LogP) is 6.65. The molecule has 0 aliphatic carbocycles. The summed E-state index contributed by atoms with van der Waals surface area (Å²) in [5, 5.41) is 18.1. The molecule has 9 nitrogen and oxygen atoms in total. The topological polar surface area (TPSA) is 112 Å². The summed E-state index contributed by atoms with van der Waals surface area (Å²) in [5.41, 5.74) is -2.56. The largest absolute Gasteiger partial charge is 0.457 e. The van der Waals surface area contributed by atoms with Crippen LogP contribution in [0, 0.1) is 10.1 Å². The number of benzene rings is 2. The Morgan fingerprint density at radius 1 is 1.05 bits per heavy atom. The number of alkyl halides is 3. The molecular formula is C24H19ClF3N5O4. The van der Waals surface area contributed by atoms with E-state index in [2.05, 4.69) is 15.4 Å². The monoisotopic (exact) mass is 533 g/mol. The van der Waals surface area contributed by atoms with Crippen LogP contribution in [0.1, 0.15) is 42.6 Å². The molecule has 0 atom stereocenters. The third-order valence-corrected chi connectivity index (χ3v) is 5.38. The fourth-order valence-corrected chi connectivity index (χ4v) is 3.45. The molecule has 2 aromatic carbocycles. The van der Waals surface area contributed by atoms with Crippen molar-refractivity contribution in [2.45, 2.75) is 32.4 Å². The van der Waals surface area contributed by atoms with Gasteiger partial charge in [0.2, 0.25) is 0 Å². The van der Waals surface area contributed by atoms with Crippen LogP contribution in [0.4, 0.5) is 24.5 Å². The highest BCUT2D eigenvalue weighted by atomic mass is 35.5. The van der Waals surface area contributed by atoms with E-state index in [9.17, 15) is 28.1 Å². The van der Waals surface area contributed by atoms with Crippen molar-refractivity contribution in [3.05, 3.63) is 86.8 Å². The number of nitro benzene ring substituents is 1. The molecule has 192 valence electrons. The second-order valence-corrected chi connectivity index (χ2v) is 9.49. The number of halogens is 4. The van der Waals surface area contributed by atoms with Crippen molar-refractivity contribution in [3.63, 3.8) is 0 Å². The number of fused-ring (bicyclic) bond motifs is 1. The van der Waals surface area contributed by atoms with Gasteiger partial charge >= 0.3 is 6.18 Å². The summed E-state index contributed by atoms with van der Waals surface area (Å²) in [4.78, 5) is 27.9. The predicted molar refractivity (Wildman–Crippen MR) is 129 cm³/mol. The van der Waals surface area contributed by atoms with Gasteiger partial charge in [0, 0.05) is 28.6 Å². The number of anilines is 1. The molecule has 37 heavy (non-hydrogen) atoms. The molecule has 0 spiro atoms. The highest BCUT2D eigenvalue weighted by Crippen LogP contribution is 2.33. The second kappa shape index (κ2) is 9.36. The van der Waals surface area contributed by atoms with Gasteiger partial charge in [-0.1, -0.05) is 32.4 Å². The number of hydrogen-bond acceptors (Lipinski definition) is 6. The van der Waals surface area contributed by atoms with Crippen molar-refractivity contribution in [1.82, 2.24) is 14.6 Å². The summed E-state index contributed by atoms with van der Waals surface area (Å²) in [6, 6.07) is 11.8. The maximum atomic E-state index is 13.7. The van der Waals surface area contributed by atoms with Crippen LogP contribution >= 0.6 is 11.6 Å². The number of amides is 1. The Kier molecular flexibility index (Phi) is 6.55. The van der Waals surface area contributed by atoms with E-state index in [1.54, 1.807) is 45.0 Å². The standard InChI is InChI=1S/C24H19ClF3N5O4/c1-23(2,3)19-12-20(24(26,27)28)32-21(30-19)11-18(31-32)22(34)29-14-8-15(33(35)36)10-17(9-14)37-16-6-4-13(25)5-7-16/h4-12H,1-3H3,(H,29,34). The number of rotatable bonds is 5. The van der Waals surface area contributed by atoms with E-state index in [1.165, 1.54) is 6.07 Å². The Bertz CT molecular complexity index is 1510. The number of ether oxygens (including phenoxy) is 1. The number of aromatic nitrogens is 3. The summed E-state index contributed by atoms with van der Waals surface area (Å²) in [6.45, 7) is 5.13. The van der Waals surface area contributed by atoms with Gasteiger partial charge in [0.05, 0.1) is 22.4 Å². The number of nitro groups is 1. The third-order valence-electron chi connectivity index (χ3n) is 5.13. The maximum Gasteiger partial charge on any atom is 0.433 e. The average molecular weight is 534 g/mol. The van der Waals surface area contributed by atoms with Gasteiger partial charge in [-0.3, -0.25) is 14.9 Å². The number of hydrogen-bond donors (Lipinski definition) is 1. The Labute approximate surface area is 213 Å². The fraction of sp³-hybridized carbons (Fsp3) is 0.208. The molecule has 0 saturated carbocycles. The minimum atomic E-state index is -4.76.